The van der Waals surface area contributed by atoms with Crippen LogP contribution in [0.2, 0.25) is 5.02 Å². The number of hydrogen-bond donors (Lipinski definition) is 0. The molecule has 2 rings (SSSR count). The van der Waals surface area contributed by atoms with Gasteiger partial charge in [0.15, 0.2) is 5.78 Å². The highest BCUT2D eigenvalue weighted by Gasteiger charge is 2.13. The molecule has 0 aromatic heterocycles. The summed E-state index contributed by atoms with van der Waals surface area (Å²) in [6, 6.07) is 11.6. The van der Waals surface area contributed by atoms with E-state index in [0.717, 1.165) is 5.56 Å². The molecule has 0 heterocycles. The smallest absolute Gasteiger partial charge is 0.167 e. The van der Waals surface area contributed by atoms with Crippen LogP contribution < -0.4 is 0 Å². The number of ketones is 1. The Morgan fingerprint density at radius 2 is 1.83 bits per heavy atom. The Morgan fingerprint density at radius 1 is 1.17 bits per heavy atom. The van der Waals surface area contributed by atoms with Crippen LogP contribution in [0.25, 0.3) is 0 Å². The van der Waals surface area contributed by atoms with E-state index in [-0.39, 0.29) is 22.8 Å². The summed E-state index contributed by atoms with van der Waals surface area (Å²) in [7, 11) is 0. The fraction of sp³-hybridized carbons (Fsp3) is 0.133. The van der Waals surface area contributed by atoms with Crippen molar-refractivity contribution in [2.45, 2.75) is 13.3 Å². The number of benzene rings is 2. The second kappa shape index (κ2) is 5.32. The van der Waals surface area contributed by atoms with Crippen LogP contribution in [-0.4, -0.2) is 5.78 Å². The van der Waals surface area contributed by atoms with Crippen molar-refractivity contribution >= 4 is 17.4 Å². The van der Waals surface area contributed by atoms with Crippen LogP contribution in [0.1, 0.15) is 21.5 Å². The zero-order chi connectivity index (χ0) is 13.1. The summed E-state index contributed by atoms with van der Waals surface area (Å²) in [4.78, 5) is 12.0. The number of hydrogen-bond acceptors (Lipinski definition) is 1. The number of aryl methyl sites for hydroxylation is 1. The summed E-state index contributed by atoms with van der Waals surface area (Å²) < 4.78 is 13.6. The summed E-state index contributed by atoms with van der Waals surface area (Å²) in [5, 5.41) is 0.287. The quantitative estimate of drug-likeness (QED) is 0.757. The minimum atomic E-state index is -0.442. The monoisotopic (exact) mass is 262 g/mol. The molecule has 0 spiro atoms. The molecule has 0 amide bonds. The predicted molar refractivity (Wildman–Crippen MR) is 70.6 cm³/mol. The zero-order valence-electron chi connectivity index (χ0n) is 9.91. The van der Waals surface area contributed by atoms with Crippen molar-refractivity contribution in [2.24, 2.45) is 0 Å². The van der Waals surface area contributed by atoms with Crippen molar-refractivity contribution in [3.63, 3.8) is 0 Å². The summed E-state index contributed by atoms with van der Waals surface area (Å²) >= 11 is 5.89. The Kier molecular flexibility index (Phi) is 3.78. The summed E-state index contributed by atoms with van der Waals surface area (Å²) in [6.45, 7) is 1.95. The molecule has 92 valence electrons. The molecular formula is C15H12ClFO. The van der Waals surface area contributed by atoms with Crippen LogP contribution >= 0.6 is 11.6 Å². The molecule has 2 aromatic rings. The van der Waals surface area contributed by atoms with E-state index >= 15 is 0 Å². The van der Waals surface area contributed by atoms with Crippen LogP contribution in [0.5, 0.6) is 0 Å². The minimum Gasteiger partial charge on any atom is -0.294 e. The van der Waals surface area contributed by atoms with Gasteiger partial charge in [-0.1, -0.05) is 47.5 Å². The molecule has 0 aliphatic rings. The number of carbonyl (C=O) groups is 1. The fourth-order valence-corrected chi connectivity index (χ4v) is 1.93. The lowest BCUT2D eigenvalue weighted by molar-refractivity contribution is 0.0992. The van der Waals surface area contributed by atoms with Crippen molar-refractivity contribution in [3.8, 4) is 0 Å². The van der Waals surface area contributed by atoms with Gasteiger partial charge in [-0.2, -0.15) is 0 Å². The van der Waals surface area contributed by atoms with Gasteiger partial charge in [0.25, 0.3) is 0 Å². The van der Waals surface area contributed by atoms with Crippen molar-refractivity contribution in [3.05, 3.63) is 70.0 Å². The van der Waals surface area contributed by atoms with Gasteiger partial charge in [-0.3, -0.25) is 4.79 Å². The Bertz CT molecular complexity index is 555. The second-order valence-electron chi connectivity index (χ2n) is 4.17. The highest BCUT2D eigenvalue weighted by Crippen LogP contribution is 2.21. The highest BCUT2D eigenvalue weighted by atomic mass is 35.5. The van der Waals surface area contributed by atoms with Gasteiger partial charge in [0.2, 0.25) is 0 Å². The molecule has 0 N–H and O–H groups in total. The predicted octanol–water partition coefficient (Wildman–Crippen LogP) is 4.21. The molecule has 1 nitrogen and oxygen atoms in total. The molecule has 0 atom stereocenters. The number of rotatable bonds is 3. The lowest BCUT2D eigenvalue weighted by atomic mass is 10.0. The van der Waals surface area contributed by atoms with Crippen LogP contribution in [0.4, 0.5) is 4.39 Å². The van der Waals surface area contributed by atoms with Crippen molar-refractivity contribution < 1.29 is 9.18 Å². The molecule has 18 heavy (non-hydrogen) atoms. The first-order chi connectivity index (χ1) is 8.58. The van der Waals surface area contributed by atoms with Gasteiger partial charge in [0, 0.05) is 22.6 Å². The first-order valence-electron chi connectivity index (χ1n) is 5.60. The van der Waals surface area contributed by atoms with Crippen molar-refractivity contribution in [1.29, 1.82) is 0 Å². The van der Waals surface area contributed by atoms with E-state index in [2.05, 4.69) is 0 Å². The maximum Gasteiger partial charge on any atom is 0.167 e. The first-order valence-corrected chi connectivity index (χ1v) is 5.98. The molecule has 3 heteroatoms. The Labute approximate surface area is 110 Å². The average Bonchev–Trinajstić information content (AvgIpc) is 2.34. The summed E-state index contributed by atoms with van der Waals surface area (Å²) in [6.07, 6.45) is -0.0193. The van der Waals surface area contributed by atoms with Crippen LogP contribution in [-0.2, 0) is 6.42 Å². The zero-order valence-corrected chi connectivity index (χ0v) is 10.7. The second-order valence-corrected chi connectivity index (χ2v) is 4.57. The minimum absolute atomic E-state index is 0.0193. The number of Topliss-reactive ketones (excluding diaryl/α,β-unsaturated/α-hetero) is 1. The van der Waals surface area contributed by atoms with Gasteiger partial charge in [-0.25, -0.2) is 4.39 Å². The lowest BCUT2D eigenvalue weighted by Crippen LogP contribution is -2.05. The van der Waals surface area contributed by atoms with Crippen LogP contribution in [0.3, 0.4) is 0 Å². The van der Waals surface area contributed by atoms with E-state index in [9.17, 15) is 9.18 Å². The first kappa shape index (κ1) is 12.8. The van der Waals surface area contributed by atoms with E-state index in [0.29, 0.717) is 5.56 Å². The standard InChI is InChI=1S/C15H12ClFO/c1-10-5-7-11(8-6-10)15(18)9-12-13(16)3-2-4-14(12)17/h2-8H,9H2,1H3. The average molecular weight is 263 g/mol. The van der Waals surface area contributed by atoms with E-state index in [1.165, 1.54) is 12.1 Å². The highest BCUT2D eigenvalue weighted by molar-refractivity contribution is 6.31. The van der Waals surface area contributed by atoms with Crippen molar-refractivity contribution in [1.82, 2.24) is 0 Å². The SMILES string of the molecule is Cc1ccc(C(=O)Cc2c(F)cccc2Cl)cc1. The number of carbonyl (C=O) groups excluding carboxylic acids is 1. The van der Waals surface area contributed by atoms with Gasteiger partial charge in [-0.05, 0) is 19.1 Å². The van der Waals surface area contributed by atoms with Crippen LogP contribution in [0, 0.1) is 12.7 Å². The topological polar surface area (TPSA) is 17.1 Å². The third-order valence-electron chi connectivity index (χ3n) is 2.77. The molecule has 0 bridgehead atoms. The number of halogens is 2. The van der Waals surface area contributed by atoms with E-state index < -0.39 is 5.82 Å². The van der Waals surface area contributed by atoms with E-state index in [1.54, 1.807) is 18.2 Å². The molecule has 0 aliphatic carbocycles. The maximum absolute atomic E-state index is 13.6. The Morgan fingerprint density at radius 3 is 2.44 bits per heavy atom. The molecule has 0 radical (unpaired) electrons. The molecule has 0 fully saturated rings. The molecular weight excluding hydrogens is 251 g/mol. The lowest BCUT2D eigenvalue weighted by Gasteiger charge is -2.05. The molecule has 2 aromatic carbocycles. The molecule has 0 aliphatic heterocycles. The summed E-state index contributed by atoms with van der Waals surface area (Å²) in [5.41, 5.74) is 1.90. The third kappa shape index (κ3) is 2.77. The van der Waals surface area contributed by atoms with Gasteiger partial charge in [-0.15, -0.1) is 0 Å². The summed E-state index contributed by atoms with van der Waals surface area (Å²) in [5.74, 6) is -0.579. The largest absolute Gasteiger partial charge is 0.294 e. The maximum atomic E-state index is 13.6. The third-order valence-corrected chi connectivity index (χ3v) is 3.13. The van der Waals surface area contributed by atoms with Gasteiger partial charge in [0.05, 0.1) is 0 Å². The fourth-order valence-electron chi connectivity index (χ4n) is 1.70. The Balaban J connectivity index is 2.24. The normalized spacial score (nSPS) is 10.4. The van der Waals surface area contributed by atoms with E-state index in [4.69, 9.17) is 11.6 Å². The van der Waals surface area contributed by atoms with Crippen molar-refractivity contribution in [2.75, 3.05) is 0 Å². The molecule has 0 saturated heterocycles. The van der Waals surface area contributed by atoms with Gasteiger partial charge >= 0.3 is 0 Å². The van der Waals surface area contributed by atoms with Gasteiger partial charge in [0.1, 0.15) is 5.82 Å². The van der Waals surface area contributed by atoms with E-state index in [1.807, 2.05) is 19.1 Å². The Hall–Kier alpha value is -1.67. The molecule has 0 unspecified atom stereocenters. The molecule has 0 saturated carbocycles. The van der Waals surface area contributed by atoms with Crippen LogP contribution in [0.15, 0.2) is 42.5 Å². The van der Waals surface area contributed by atoms with Gasteiger partial charge < -0.3 is 0 Å².